The van der Waals surface area contributed by atoms with Crippen LogP contribution in [-0.2, 0) is 0 Å². The van der Waals surface area contributed by atoms with Crippen molar-refractivity contribution in [3.05, 3.63) is 28.5 Å². The van der Waals surface area contributed by atoms with E-state index in [-0.39, 0.29) is 0 Å². The summed E-state index contributed by atoms with van der Waals surface area (Å²) in [6.07, 6.45) is 5.06. The number of nitrogens with zero attached hydrogens (tertiary/aromatic N) is 2. The van der Waals surface area contributed by atoms with Crippen LogP contribution in [0.4, 0.5) is 0 Å². The topological polar surface area (TPSA) is 28.2 Å². The van der Waals surface area contributed by atoms with Gasteiger partial charge in [-0.2, -0.15) is 0 Å². The second-order valence-corrected chi connectivity index (χ2v) is 6.28. The van der Waals surface area contributed by atoms with Crippen molar-refractivity contribution in [2.75, 3.05) is 26.2 Å². The molecule has 18 heavy (non-hydrogen) atoms. The molecule has 3 nitrogen and oxygen atoms in total. The molecule has 2 rings (SSSR count). The Balaban J connectivity index is 2.18. The van der Waals surface area contributed by atoms with Crippen molar-refractivity contribution in [1.82, 2.24) is 15.2 Å². The molecular weight excluding hydrogens is 290 g/mol. The number of pyridine rings is 1. The van der Waals surface area contributed by atoms with E-state index in [4.69, 9.17) is 0 Å². The fourth-order valence-corrected chi connectivity index (χ4v) is 2.93. The van der Waals surface area contributed by atoms with Gasteiger partial charge in [-0.25, -0.2) is 0 Å². The van der Waals surface area contributed by atoms with Crippen LogP contribution in [0.2, 0.25) is 0 Å². The number of hydrogen-bond acceptors (Lipinski definition) is 3. The van der Waals surface area contributed by atoms with E-state index >= 15 is 0 Å². The van der Waals surface area contributed by atoms with Crippen molar-refractivity contribution in [2.24, 2.45) is 5.92 Å². The molecule has 1 fully saturated rings. The Morgan fingerprint density at radius 3 is 2.67 bits per heavy atom. The van der Waals surface area contributed by atoms with E-state index in [1.807, 2.05) is 12.4 Å². The van der Waals surface area contributed by atoms with Crippen LogP contribution < -0.4 is 5.32 Å². The fourth-order valence-electron chi connectivity index (χ4n) is 2.55. The van der Waals surface area contributed by atoms with E-state index in [0.29, 0.717) is 12.0 Å². The highest BCUT2D eigenvalue weighted by molar-refractivity contribution is 9.10. The number of hydrogen-bond donors (Lipinski definition) is 1. The van der Waals surface area contributed by atoms with E-state index in [9.17, 15) is 0 Å². The SMILES string of the molecule is CC(C)C[C@H](c1cncc(Br)c1)N1CCNCC1. The Hall–Kier alpha value is -0.450. The molecule has 1 saturated heterocycles. The lowest BCUT2D eigenvalue weighted by Crippen LogP contribution is -2.45. The average Bonchev–Trinajstić information content (AvgIpc) is 2.37. The number of nitrogens with one attached hydrogen (secondary N) is 1. The lowest BCUT2D eigenvalue weighted by molar-refractivity contribution is 0.154. The minimum atomic E-state index is 0.497. The van der Waals surface area contributed by atoms with Gasteiger partial charge < -0.3 is 5.32 Å². The first-order valence-electron chi connectivity index (χ1n) is 6.72. The minimum Gasteiger partial charge on any atom is -0.314 e. The molecule has 4 heteroatoms. The summed E-state index contributed by atoms with van der Waals surface area (Å²) in [7, 11) is 0. The van der Waals surface area contributed by atoms with E-state index in [1.165, 1.54) is 12.0 Å². The standard InChI is InChI=1S/C14H22BrN3/c1-11(2)7-14(18-5-3-16-4-6-18)12-8-13(15)10-17-9-12/h8-11,14,16H,3-7H2,1-2H3/t14-/m1/s1. The third-order valence-corrected chi connectivity index (χ3v) is 3.83. The van der Waals surface area contributed by atoms with Crippen LogP contribution in [0.25, 0.3) is 0 Å². The molecule has 0 unspecified atom stereocenters. The highest BCUT2D eigenvalue weighted by atomic mass is 79.9. The maximum absolute atomic E-state index is 4.32. The zero-order chi connectivity index (χ0) is 13.0. The number of rotatable bonds is 4. The van der Waals surface area contributed by atoms with Crippen LogP contribution >= 0.6 is 15.9 Å². The molecule has 0 amide bonds. The van der Waals surface area contributed by atoms with Gasteiger partial charge in [-0.05, 0) is 39.9 Å². The largest absolute Gasteiger partial charge is 0.314 e. The second-order valence-electron chi connectivity index (χ2n) is 5.37. The summed E-state index contributed by atoms with van der Waals surface area (Å²) < 4.78 is 1.07. The van der Waals surface area contributed by atoms with Gasteiger partial charge >= 0.3 is 0 Å². The predicted octanol–water partition coefficient (Wildman–Crippen LogP) is 2.84. The first-order chi connectivity index (χ1) is 8.66. The summed E-state index contributed by atoms with van der Waals surface area (Å²) >= 11 is 3.53. The van der Waals surface area contributed by atoms with Gasteiger partial charge in [-0.1, -0.05) is 13.8 Å². The van der Waals surface area contributed by atoms with Crippen LogP contribution in [0.5, 0.6) is 0 Å². The van der Waals surface area contributed by atoms with Gasteiger partial charge in [0.15, 0.2) is 0 Å². The summed E-state index contributed by atoms with van der Waals surface area (Å²) in [5.74, 6) is 0.698. The van der Waals surface area contributed by atoms with Crippen molar-refractivity contribution in [3.8, 4) is 0 Å². The molecule has 0 bridgehead atoms. The molecule has 1 aromatic rings. The van der Waals surface area contributed by atoms with Crippen molar-refractivity contribution in [1.29, 1.82) is 0 Å². The summed E-state index contributed by atoms with van der Waals surface area (Å²) in [6, 6.07) is 2.71. The Labute approximate surface area is 118 Å². The molecule has 0 radical (unpaired) electrons. The molecule has 1 atom stereocenters. The zero-order valence-corrected chi connectivity index (χ0v) is 12.8. The van der Waals surface area contributed by atoms with Gasteiger partial charge in [0.1, 0.15) is 0 Å². The third-order valence-electron chi connectivity index (χ3n) is 3.40. The third kappa shape index (κ3) is 3.77. The smallest absolute Gasteiger partial charge is 0.0410 e. The van der Waals surface area contributed by atoms with E-state index in [0.717, 1.165) is 30.7 Å². The Bertz CT molecular complexity index is 375. The van der Waals surface area contributed by atoms with Crippen molar-refractivity contribution >= 4 is 15.9 Å². The Kier molecular flexibility index (Phi) is 5.15. The number of aromatic nitrogens is 1. The molecule has 0 aromatic carbocycles. The van der Waals surface area contributed by atoms with Gasteiger partial charge in [0.25, 0.3) is 0 Å². The predicted molar refractivity (Wildman–Crippen MR) is 78.6 cm³/mol. The first-order valence-corrected chi connectivity index (χ1v) is 7.51. The molecule has 2 heterocycles. The quantitative estimate of drug-likeness (QED) is 0.927. The maximum Gasteiger partial charge on any atom is 0.0410 e. The van der Waals surface area contributed by atoms with Gasteiger partial charge in [0, 0.05) is 49.1 Å². The van der Waals surface area contributed by atoms with Crippen molar-refractivity contribution < 1.29 is 0 Å². The molecule has 0 spiro atoms. The molecule has 0 aliphatic carbocycles. The Morgan fingerprint density at radius 1 is 1.33 bits per heavy atom. The first kappa shape index (κ1) is 14.0. The maximum atomic E-state index is 4.32. The van der Waals surface area contributed by atoms with Gasteiger partial charge in [0.05, 0.1) is 0 Å². The van der Waals surface area contributed by atoms with Crippen LogP contribution in [-0.4, -0.2) is 36.1 Å². The summed E-state index contributed by atoms with van der Waals surface area (Å²) in [5.41, 5.74) is 1.33. The number of halogens is 1. The van der Waals surface area contributed by atoms with Crippen molar-refractivity contribution in [2.45, 2.75) is 26.3 Å². The van der Waals surface area contributed by atoms with E-state index in [1.54, 1.807) is 0 Å². The molecular formula is C14H22BrN3. The Morgan fingerprint density at radius 2 is 2.06 bits per heavy atom. The molecule has 1 aromatic heterocycles. The fraction of sp³-hybridized carbons (Fsp3) is 0.643. The summed E-state index contributed by atoms with van der Waals surface area (Å²) in [4.78, 5) is 6.90. The normalized spacial score (nSPS) is 19.1. The van der Waals surface area contributed by atoms with Crippen molar-refractivity contribution in [3.63, 3.8) is 0 Å². The molecule has 1 aliphatic heterocycles. The monoisotopic (exact) mass is 311 g/mol. The van der Waals surface area contributed by atoms with Crippen LogP contribution in [0, 0.1) is 5.92 Å². The second kappa shape index (κ2) is 6.64. The molecule has 100 valence electrons. The van der Waals surface area contributed by atoms with Crippen LogP contribution in [0.15, 0.2) is 22.9 Å². The van der Waals surface area contributed by atoms with Gasteiger partial charge in [-0.3, -0.25) is 9.88 Å². The summed E-state index contributed by atoms with van der Waals surface area (Å²) in [5, 5.41) is 3.42. The lowest BCUT2D eigenvalue weighted by atomic mass is 9.96. The van der Waals surface area contributed by atoms with E-state index in [2.05, 4.69) is 51.0 Å². The van der Waals surface area contributed by atoms with Gasteiger partial charge in [-0.15, -0.1) is 0 Å². The zero-order valence-electron chi connectivity index (χ0n) is 11.2. The van der Waals surface area contributed by atoms with Crippen LogP contribution in [0.1, 0.15) is 31.9 Å². The molecule has 1 N–H and O–H groups in total. The lowest BCUT2D eigenvalue weighted by Gasteiger charge is -2.36. The average molecular weight is 312 g/mol. The minimum absolute atomic E-state index is 0.497. The van der Waals surface area contributed by atoms with E-state index < -0.39 is 0 Å². The molecule has 0 saturated carbocycles. The summed E-state index contributed by atoms with van der Waals surface area (Å²) in [6.45, 7) is 9.03. The van der Waals surface area contributed by atoms with Crippen LogP contribution in [0.3, 0.4) is 0 Å². The highest BCUT2D eigenvalue weighted by Gasteiger charge is 2.23. The molecule has 1 aliphatic rings. The number of piperazine rings is 1. The van der Waals surface area contributed by atoms with Gasteiger partial charge in [0.2, 0.25) is 0 Å². The highest BCUT2D eigenvalue weighted by Crippen LogP contribution is 2.29.